The minimum Gasteiger partial charge on any atom is -0.497 e. The zero-order chi connectivity index (χ0) is 21.3. The lowest BCUT2D eigenvalue weighted by Crippen LogP contribution is -2.44. The molecule has 6 nitrogen and oxygen atoms in total. The molecule has 0 aromatic heterocycles. The minimum absolute atomic E-state index is 0.212. The number of benzene rings is 3. The van der Waals surface area contributed by atoms with Gasteiger partial charge in [0, 0.05) is 11.3 Å². The zero-order valence-electron chi connectivity index (χ0n) is 16.8. The molecule has 1 heterocycles. The van der Waals surface area contributed by atoms with E-state index < -0.39 is 11.5 Å². The first-order valence-electron chi connectivity index (χ1n) is 9.58. The molecule has 1 unspecified atom stereocenters. The van der Waals surface area contributed by atoms with E-state index in [0.717, 1.165) is 5.56 Å². The van der Waals surface area contributed by atoms with Crippen LogP contribution in [0.25, 0.3) is 0 Å². The topological polar surface area (TPSA) is 78.9 Å². The van der Waals surface area contributed by atoms with Crippen molar-refractivity contribution in [3.63, 3.8) is 0 Å². The Morgan fingerprint density at radius 1 is 1.07 bits per heavy atom. The molecule has 0 bridgehead atoms. The Hall–Kier alpha value is -3.64. The van der Waals surface area contributed by atoms with Crippen LogP contribution in [0.2, 0.25) is 0 Å². The first-order valence-corrected chi connectivity index (χ1v) is 9.58. The van der Waals surface area contributed by atoms with Crippen molar-refractivity contribution in [2.45, 2.75) is 12.5 Å². The summed E-state index contributed by atoms with van der Waals surface area (Å²) in [5.74, 6) is -0.226. The van der Waals surface area contributed by atoms with Gasteiger partial charge >= 0.3 is 0 Å². The van der Waals surface area contributed by atoms with Crippen LogP contribution in [0.5, 0.6) is 5.75 Å². The lowest BCUT2D eigenvalue weighted by Gasteiger charge is -2.24. The number of nitrogens with one attached hydrogen (secondary N) is 1. The molecule has 2 N–H and O–H groups in total. The number of carbonyl (C=O) groups excluding carboxylic acids is 2. The van der Waals surface area contributed by atoms with Gasteiger partial charge in [0.2, 0.25) is 5.91 Å². The molecule has 0 fully saturated rings. The summed E-state index contributed by atoms with van der Waals surface area (Å²) in [6, 6.07) is 21.1. The standard InChI is InChI=1S/C24H22N2O4/c1-16-6-5-7-17(14-16)24(29)20-8-3-4-9-21(20)26(23(24)28)15-22(27)25-18-10-12-19(30-2)13-11-18/h3-14,29H,15H2,1-2H3,(H,25,27). The maximum Gasteiger partial charge on any atom is 0.268 e. The molecule has 30 heavy (non-hydrogen) atoms. The second-order valence-corrected chi connectivity index (χ2v) is 7.27. The molecule has 0 saturated heterocycles. The maximum atomic E-state index is 13.3. The fourth-order valence-corrected chi connectivity index (χ4v) is 3.76. The summed E-state index contributed by atoms with van der Waals surface area (Å²) in [6.07, 6.45) is 0. The summed E-state index contributed by atoms with van der Waals surface area (Å²) in [5.41, 5.74) is 1.17. The third-order valence-corrected chi connectivity index (χ3v) is 5.25. The Bertz CT molecular complexity index is 1110. The highest BCUT2D eigenvalue weighted by molar-refractivity contribution is 6.12. The van der Waals surface area contributed by atoms with Crippen LogP contribution in [0.1, 0.15) is 16.7 Å². The van der Waals surface area contributed by atoms with Gasteiger partial charge in [0.1, 0.15) is 12.3 Å². The van der Waals surface area contributed by atoms with Crippen molar-refractivity contribution >= 4 is 23.2 Å². The highest BCUT2D eigenvalue weighted by Crippen LogP contribution is 2.44. The van der Waals surface area contributed by atoms with Gasteiger partial charge in [-0.05, 0) is 42.8 Å². The Balaban J connectivity index is 1.62. The molecule has 6 heteroatoms. The van der Waals surface area contributed by atoms with Gasteiger partial charge in [0.25, 0.3) is 5.91 Å². The predicted molar refractivity (Wildman–Crippen MR) is 115 cm³/mol. The number of carbonyl (C=O) groups is 2. The van der Waals surface area contributed by atoms with Crippen LogP contribution in [0, 0.1) is 6.92 Å². The first-order chi connectivity index (χ1) is 14.4. The molecular weight excluding hydrogens is 380 g/mol. The number of ether oxygens (including phenoxy) is 1. The summed E-state index contributed by atoms with van der Waals surface area (Å²) in [7, 11) is 1.57. The lowest BCUT2D eigenvalue weighted by molar-refractivity contribution is -0.133. The average Bonchev–Trinajstić information content (AvgIpc) is 2.97. The van der Waals surface area contributed by atoms with Crippen molar-refractivity contribution in [2.75, 3.05) is 23.9 Å². The van der Waals surface area contributed by atoms with Crippen LogP contribution < -0.4 is 15.0 Å². The SMILES string of the molecule is COc1ccc(NC(=O)CN2C(=O)C(O)(c3cccc(C)c3)c3ccccc32)cc1. The summed E-state index contributed by atoms with van der Waals surface area (Å²) >= 11 is 0. The number of hydrogen-bond acceptors (Lipinski definition) is 4. The van der Waals surface area contributed by atoms with E-state index in [9.17, 15) is 14.7 Å². The van der Waals surface area contributed by atoms with Crippen LogP contribution >= 0.6 is 0 Å². The number of nitrogens with zero attached hydrogens (tertiary/aromatic N) is 1. The van der Waals surface area contributed by atoms with E-state index in [1.54, 1.807) is 73.8 Å². The van der Waals surface area contributed by atoms with E-state index in [4.69, 9.17) is 4.74 Å². The van der Waals surface area contributed by atoms with E-state index in [2.05, 4.69) is 5.32 Å². The van der Waals surface area contributed by atoms with Gasteiger partial charge in [-0.15, -0.1) is 0 Å². The molecule has 2 amide bonds. The van der Waals surface area contributed by atoms with E-state index in [-0.39, 0.29) is 12.5 Å². The predicted octanol–water partition coefficient (Wildman–Crippen LogP) is 3.22. The van der Waals surface area contributed by atoms with E-state index in [1.807, 2.05) is 13.0 Å². The number of para-hydroxylation sites is 1. The highest BCUT2D eigenvalue weighted by atomic mass is 16.5. The molecule has 3 aromatic carbocycles. The van der Waals surface area contributed by atoms with Crippen LogP contribution in [0.3, 0.4) is 0 Å². The Kier molecular flexibility index (Phi) is 5.01. The van der Waals surface area contributed by atoms with Crippen molar-refractivity contribution in [1.82, 2.24) is 0 Å². The molecule has 0 aliphatic carbocycles. The molecule has 1 aliphatic heterocycles. The second kappa shape index (κ2) is 7.65. The molecule has 152 valence electrons. The Morgan fingerprint density at radius 3 is 2.50 bits per heavy atom. The molecule has 0 radical (unpaired) electrons. The summed E-state index contributed by atoms with van der Waals surface area (Å²) in [4.78, 5) is 27.3. The molecule has 0 saturated carbocycles. The second-order valence-electron chi connectivity index (χ2n) is 7.27. The van der Waals surface area contributed by atoms with Crippen LogP contribution in [0.4, 0.5) is 11.4 Å². The number of rotatable bonds is 5. The summed E-state index contributed by atoms with van der Waals surface area (Å²) < 4.78 is 5.11. The highest BCUT2D eigenvalue weighted by Gasteiger charge is 2.51. The normalized spacial score (nSPS) is 17.6. The lowest BCUT2D eigenvalue weighted by atomic mass is 9.87. The molecule has 3 aromatic rings. The Labute approximate surface area is 174 Å². The van der Waals surface area contributed by atoms with E-state index in [1.165, 1.54) is 4.90 Å². The maximum absolute atomic E-state index is 13.3. The van der Waals surface area contributed by atoms with Crippen molar-refractivity contribution in [3.05, 3.63) is 89.5 Å². The molecular formula is C24H22N2O4. The summed E-state index contributed by atoms with van der Waals surface area (Å²) in [5, 5.41) is 14.3. The molecule has 0 spiro atoms. The molecule has 4 rings (SSSR count). The quantitative estimate of drug-likeness (QED) is 0.687. The van der Waals surface area contributed by atoms with Crippen molar-refractivity contribution < 1.29 is 19.4 Å². The average molecular weight is 402 g/mol. The van der Waals surface area contributed by atoms with Crippen LogP contribution in [-0.4, -0.2) is 30.6 Å². The fourth-order valence-electron chi connectivity index (χ4n) is 3.76. The van der Waals surface area contributed by atoms with Crippen molar-refractivity contribution in [3.8, 4) is 5.75 Å². The largest absolute Gasteiger partial charge is 0.497 e. The van der Waals surface area contributed by atoms with Gasteiger partial charge < -0.3 is 15.2 Å². The van der Waals surface area contributed by atoms with Gasteiger partial charge in [0.15, 0.2) is 5.60 Å². The number of methoxy groups -OCH3 is 1. The monoisotopic (exact) mass is 402 g/mol. The number of amides is 2. The minimum atomic E-state index is -1.83. The van der Waals surface area contributed by atoms with Gasteiger partial charge in [-0.3, -0.25) is 14.5 Å². The number of fused-ring (bicyclic) bond motifs is 1. The van der Waals surface area contributed by atoms with E-state index in [0.29, 0.717) is 28.3 Å². The van der Waals surface area contributed by atoms with Crippen molar-refractivity contribution in [1.29, 1.82) is 0 Å². The van der Waals surface area contributed by atoms with Gasteiger partial charge in [-0.1, -0.05) is 48.0 Å². The smallest absolute Gasteiger partial charge is 0.268 e. The van der Waals surface area contributed by atoms with E-state index >= 15 is 0 Å². The first kappa shape index (κ1) is 19.7. The number of hydrogen-bond donors (Lipinski definition) is 2. The third kappa shape index (κ3) is 3.31. The van der Waals surface area contributed by atoms with Gasteiger partial charge in [-0.2, -0.15) is 0 Å². The van der Waals surface area contributed by atoms with Crippen LogP contribution in [0.15, 0.2) is 72.8 Å². The van der Waals surface area contributed by atoms with Gasteiger partial charge in [-0.25, -0.2) is 0 Å². The third-order valence-electron chi connectivity index (χ3n) is 5.25. The zero-order valence-corrected chi connectivity index (χ0v) is 16.8. The van der Waals surface area contributed by atoms with Crippen molar-refractivity contribution in [2.24, 2.45) is 0 Å². The van der Waals surface area contributed by atoms with Crippen LogP contribution in [-0.2, 0) is 15.2 Å². The Morgan fingerprint density at radius 2 is 1.80 bits per heavy atom. The summed E-state index contributed by atoms with van der Waals surface area (Å²) in [6.45, 7) is 1.69. The fraction of sp³-hybridized carbons (Fsp3) is 0.167. The van der Waals surface area contributed by atoms with Gasteiger partial charge in [0.05, 0.1) is 12.8 Å². The number of aliphatic hydroxyl groups is 1. The molecule has 1 aliphatic rings. The number of aryl methyl sites for hydroxylation is 1. The molecule has 1 atom stereocenters. The number of anilines is 2.